The molecule has 3 heterocycles. The molecule has 0 saturated carbocycles. The molecule has 31 heavy (non-hydrogen) atoms. The Kier molecular flexibility index (Phi) is 6.72. The molecule has 0 spiro atoms. The molecule has 0 atom stereocenters. The Morgan fingerprint density at radius 3 is 2.58 bits per heavy atom. The van der Waals surface area contributed by atoms with Crippen molar-refractivity contribution in [1.82, 2.24) is 9.80 Å². The summed E-state index contributed by atoms with van der Waals surface area (Å²) >= 11 is 8.05. The molecule has 2 aromatic carbocycles. The zero-order valence-electron chi connectivity index (χ0n) is 16.9. The number of rotatable bonds is 2. The van der Waals surface area contributed by atoms with Gasteiger partial charge in [0.15, 0.2) is 5.75 Å². The van der Waals surface area contributed by atoms with Crippen LogP contribution in [0.3, 0.4) is 0 Å². The van der Waals surface area contributed by atoms with Gasteiger partial charge >= 0.3 is 6.03 Å². The Labute approximate surface area is 197 Å². The molecular weight excluding hydrogens is 453 g/mol. The number of hydrogen-bond acceptors (Lipinski definition) is 4. The van der Waals surface area contributed by atoms with E-state index in [2.05, 4.69) is 22.4 Å². The molecule has 3 aromatic rings. The summed E-state index contributed by atoms with van der Waals surface area (Å²) in [6.07, 6.45) is 0. The normalized spacial score (nSPS) is 15.9. The van der Waals surface area contributed by atoms with E-state index in [4.69, 9.17) is 16.3 Å². The van der Waals surface area contributed by atoms with E-state index < -0.39 is 0 Å². The molecule has 5 rings (SSSR count). The first-order chi connectivity index (χ1) is 14.7. The number of carbonyl (C=O) groups excluding carboxylic acids is 1. The molecule has 1 fully saturated rings. The number of fused-ring (bicyclic) bond motifs is 2. The fourth-order valence-corrected chi connectivity index (χ4v) is 4.87. The monoisotopic (exact) mass is 475 g/mol. The highest BCUT2D eigenvalue weighted by Gasteiger charge is 2.30. The van der Waals surface area contributed by atoms with Gasteiger partial charge in [-0.25, -0.2) is 4.79 Å². The number of urea groups is 1. The van der Waals surface area contributed by atoms with E-state index >= 15 is 0 Å². The molecular formula is C23H23Cl2N3O2S. The van der Waals surface area contributed by atoms with E-state index in [9.17, 15) is 4.79 Å². The first-order valence-corrected chi connectivity index (χ1v) is 11.3. The fraction of sp³-hybridized carbons (Fsp3) is 0.261. The van der Waals surface area contributed by atoms with Crippen LogP contribution in [-0.2, 0) is 13.1 Å². The first-order valence-electron chi connectivity index (χ1n) is 10.0. The average molecular weight is 476 g/mol. The fourth-order valence-electron chi connectivity index (χ4n) is 3.96. The molecule has 8 heteroatoms. The molecule has 0 bridgehead atoms. The lowest BCUT2D eigenvalue weighted by molar-refractivity contribution is 0.139. The standard InChI is InChI=1S/C23H22ClN3O2S.ClH/c24-18-7-8-22-20(14-18)27(15-17-4-1-2-6-21(17)29-22)23(28)26-11-9-25(10-12-26)16-19-5-3-13-30-19;/h1-8,13-14H,9-12,15-16H2;1H. The second kappa shape index (κ2) is 9.49. The van der Waals surface area contributed by atoms with Crippen molar-refractivity contribution in [2.75, 3.05) is 31.1 Å². The Hall–Kier alpha value is -2.25. The van der Waals surface area contributed by atoms with Gasteiger partial charge in [-0.05, 0) is 35.7 Å². The highest BCUT2D eigenvalue weighted by Crippen LogP contribution is 2.40. The lowest BCUT2D eigenvalue weighted by atomic mass is 10.2. The van der Waals surface area contributed by atoms with Gasteiger partial charge in [0, 0.05) is 48.2 Å². The first kappa shape index (κ1) is 22.0. The van der Waals surface area contributed by atoms with E-state index in [1.54, 1.807) is 22.3 Å². The summed E-state index contributed by atoms with van der Waals surface area (Å²) in [5.41, 5.74) is 1.69. The third-order valence-electron chi connectivity index (χ3n) is 5.57. The van der Waals surface area contributed by atoms with Gasteiger partial charge in [0.2, 0.25) is 0 Å². The lowest BCUT2D eigenvalue weighted by Crippen LogP contribution is -2.52. The number of hydrogen-bond donors (Lipinski definition) is 0. The van der Waals surface area contributed by atoms with E-state index in [1.165, 1.54) is 4.88 Å². The Bertz CT molecular complexity index is 1050. The number of anilines is 1. The van der Waals surface area contributed by atoms with Crippen LogP contribution in [0.5, 0.6) is 11.5 Å². The molecule has 0 unspecified atom stereocenters. The summed E-state index contributed by atoms with van der Waals surface area (Å²) in [5, 5.41) is 2.69. The number of thiophene rings is 1. The summed E-state index contributed by atoms with van der Waals surface area (Å²) in [7, 11) is 0. The number of ether oxygens (including phenoxy) is 1. The Morgan fingerprint density at radius 2 is 1.81 bits per heavy atom. The van der Waals surface area contributed by atoms with Crippen LogP contribution in [0.4, 0.5) is 10.5 Å². The minimum absolute atomic E-state index is 0. The predicted octanol–water partition coefficient (Wildman–Crippen LogP) is 5.87. The van der Waals surface area contributed by atoms with Gasteiger partial charge < -0.3 is 9.64 Å². The highest BCUT2D eigenvalue weighted by molar-refractivity contribution is 7.09. The van der Waals surface area contributed by atoms with Crippen LogP contribution in [0.2, 0.25) is 5.02 Å². The van der Waals surface area contributed by atoms with Crippen molar-refractivity contribution in [3.8, 4) is 11.5 Å². The van der Waals surface area contributed by atoms with E-state index in [-0.39, 0.29) is 18.4 Å². The number of piperazine rings is 1. The van der Waals surface area contributed by atoms with Gasteiger partial charge in [-0.3, -0.25) is 9.80 Å². The summed E-state index contributed by atoms with van der Waals surface area (Å²) < 4.78 is 6.12. The lowest BCUT2D eigenvalue weighted by Gasteiger charge is -2.37. The third kappa shape index (κ3) is 4.67. The van der Waals surface area contributed by atoms with Crippen molar-refractivity contribution in [2.45, 2.75) is 13.1 Å². The van der Waals surface area contributed by atoms with Gasteiger partial charge in [-0.15, -0.1) is 23.7 Å². The smallest absolute Gasteiger partial charge is 0.325 e. The van der Waals surface area contributed by atoms with Crippen molar-refractivity contribution in [2.24, 2.45) is 0 Å². The molecule has 2 amide bonds. The number of para-hydroxylation sites is 1. The third-order valence-corrected chi connectivity index (χ3v) is 6.66. The van der Waals surface area contributed by atoms with Crippen LogP contribution in [0.1, 0.15) is 10.4 Å². The van der Waals surface area contributed by atoms with E-state index in [0.717, 1.165) is 30.9 Å². The van der Waals surface area contributed by atoms with Gasteiger partial charge in [0.05, 0.1) is 12.2 Å². The zero-order valence-corrected chi connectivity index (χ0v) is 19.3. The van der Waals surface area contributed by atoms with Gasteiger partial charge in [-0.1, -0.05) is 35.9 Å². The number of benzene rings is 2. The summed E-state index contributed by atoms with van der Waals surface area (Å²) in [4.78, 5) is 21.0. The maximum Gasteiger partial charge on any atom is 0.325 e. The summed E-state index contributed by atoms with van der Waals surface area (Å²) in [6.45, 7) is 4.55. The van der Waals surface area contributed by atoms with Crippen molar-refractivity contribution >= 4 is 47.1 Å². The summed E-state index contributed by atoms with van der Waals surface area (Å²) in [5.74, 6) is 1.42. The van der Waals surface area contributed by atoms with Crippen LogP contribution >= 0.6 is 35.3 Å². The van der Waals surface area contributed by atoms with Crippen LogP contribution in [-0.4, -0.2) is 42.0 Å². The summed E-state index contributed by atoms with van der Waals surface area (Å²) in [6, 6.07) is 17.5. The highest BCUT2D eigenvalue weighted by atomic mass is 35.5. The molecule has 0 radical (unpaired) electrons. The Morgan fingerprint density at radius 1 is 1.00 bits per heavy atom. The second-order valence-corrected chi connectivity index (χ2v) is 9.00. The molecule has 0 aliphatic carbocycles. The minimum Gasteiger partial charge on any atom is -0.455 e. The topological polar surface area (TPSA) is 36.0 Å². The molecule has 2 aliphatic rings. The Balaban J connectivity index is 0.00000231. The van der Waals surface area contributed by atoms with E-state index in [0.29, 0.717) is 36.1 Å². The van der Waals surface area contributed by atoms with Gasteiger partial charge in [0.25, 0.3) is 0 Å². The molecule has 2 aliphatic heterocycles. The quantitative estimate of drug-likeness (QED) is 0.464. The predicted molar refractivity (Wildman–Crippen MR) is 128 cm³/mol. The zero-order chi connectivity index (χ0) is 20.5. The molecule has 0 N–H and O–H groups in total. The van der Waals surface area contributed by atoms with Gasteiger partial charge in [-0.2, -0.15) is 0 Å². The van der Waals surface area contributed by atoms with Crippen LogP contribution < -0.4 is 9.64 Å². The van der Waals surface area contributed by atoms with Crippen molar-refractivity contribution in [1.29, 1.82) is 0 Å². The van der Waals surface area contributed by atoms with Crippen LogP contribution in [0.25, 0.3) is 0 Å². The van der Waals surface area contributed by atoms with Crippen molar-refractivity contribution in [3.63, 3.8) is 0 Å². The number of amides is 2. The van der Waals surface area contributed by atoms with Crippen LogP contribution in [0.15, 0.2) is 60.0 Å². The minimum atomic E-state index is -0.00501. The largest absolute Gasteiger partial charge is 0.455 e. The number of halogens is 2. The average Bonchev–Trinajstić information content (AvgIpc) is 3.21. The molecule has 5 nitrogen and oxygen atoms in total. The van der Waals surface area contributed by atoms with Crippen molar-refractivity contribution < 1.29 is 9.53 Å². The maximum absolute atomic E-state index is 13.6. The number of carbonyl (C=O) groups is 1. The van der Waals surface area contributed by atoms with E-state index in [1.807, 2.05) is 41.3 Å². The second-order valence-electron chi connectivity index (χ2n) is 7.53. The molecule has 1 saturated heterocycles. The molecule has 1 aromatic heterocycles. The number of nitrogens with zero attached hydrogens (tertiary/aromatic N) is 3. The molecule has 162 valence electrons. The van der Waals surface area contributed by atoms with Gasteiger partial charge in [0.1, 0.15) is 5.75 Å². The van der Waals surface area contributed by atoms with Crippen molar-refractivity contribution in [3.05, 3.63) is 75.4 Å². The maximum atomic E-state index is 13.6. The van der Waals surface area contributed by atoms with Crippen LogP contribution in [0, 0.1) is 0 Å². The SMILES string of the molecule is Cl.O=C(N1CCN(Cc2cccs2)CC1)N1Cc2ccccc2Oc2ccc(Cl)cc21.